The highest BCUT2D eigenvalue weighted by molar-refractivity contribution is 5.96. The number of alkyl halides is 3. The number of aromatic nitrogens is 1. The van der Waals surface area contributed by atoms with Crippen LogP contribution in [0.1, 0.15) is 32.2 Å². The molecule has 0 bridgehead atoms. The van der Waals surface area contributed by atoms with Crippen molar-refractivity contribution in [3.8, 4) is 5.88 Å². The summed E-state index contributed by atoms with van der Waals surface area (Å²) in [7, 11) is 0. The molecule has 2 rings (SSSR count). The normalized spacial score (nSPS) is 11.2. The fourth-order valence-corrected chi connectivity index (χ4v) is 1.93. The van der Waals surface area contributed by atoms with Crippen molar-refractivity contribution in [3.05, 3.63) is 47.0 Å². The number of furan rings is 1. The van der Waals surface area contributed by atoms with Crippen LogP contribution in [-0.4, -0.2) is 34.8 Å². The van der Waals surface area contributed by atoms with Gasteiger partial charge in [-0.25, -0.2) is 9.78 Å². The van der Waals surface area contributed by atoms with E-state index in [-0.39, 0.29) is 29.2 Å². The van der Waals surface area contributed by atoms with Crippen LogP contribution in [0.5, 0.6) is 5.88 Å². The van der Waals surface area contributed by atoms with Crippen LogP contribution in [0.15, 0.2) is 28.8 Å². The first-order valence-electron chi connectivity index (χ1n) is 6.93. The molecule has 0 atom stereocenters. The number of nitrogens with one attached hydrogen (secondary N) is 1. The lowest BCUT2D eigenvalue weighted by Gasteiger charge is -2.11. The van der Waals surface area contributed by atoms with Crippen molar-refractivity contribution in [2.24, 2.45) is 0 Å². The van der Waals surface area contributed by atoms with Crippen molar-refractivity contribution in [2.75, 3.05) is 6.61 Å². The molecule has 2 aromatic rings. The van der Waals surface area contributed by atoms with E-state index >= 15 is 0 Å². The smallest absolute Gasteiger partial charge is 0.422 e. The van der Waals surface area contributed by atoms with Gasteiger partial charge in [-0.1, -0.05) is 0 Å². The minimum atomic E-state index is -4.57. The predicted molar refractivity (Wildman–Crippen MR) is 77.4 cm³/mol. The van der Waals surface area contributed by atoms with Crippen molar-refractivity contribution >= 4 is 11.9 Å². The SMILES string of the molecule is Cc1oc(CNC(=O)c2cccnc2OCC(F)(F)F)cc1C(=O)O. The van der Waals surface area contributed by atoms with Gasteiger partial charge in [0.25, 0.3) is 5.91 Å². The van der Waals surface area contributed by atoms with E-state index in [4.69, 9.17) is 9.52 Å². The summed E-state index contributed by atoms with van der Waals surface area (Å²) in [4.78, 5) is 26.7. The minimum Gasteiger partial charge on any atom is -0.478 e. The Labute approximate surface area is 139 Å². The molecule has 0 aromatic carbocycles. The van der Waals surface area contributed by atoms with E-state index in [2.05, 4.69) is 15.0 Å². The third-order valence-electron chi connectivity index (χ3n) is 3.01. The monoisotopic (exact) mass is 358 g/mol. The summed E-state index contributed by atoms with van der Waals surface area (Å²) in [6.45, 7) is -0.275. The van der Waals surface area contributed by atoms with Gasteiger partial charge in [-0.05, 0) is 25.1 Å². The van der Waals surface area contributed by atoms with Crippen LogP contribution in [0.3, 0.4) is 0 Å². The van der Waals surface area contributed by atoms with E-state index in [1.165, 1.54) is 31.3 Å². The summed E-state index contributed by atoms with van der Waals surface area (Å²) in [5, 5.41) is 11.3. The van der Waals surface area contributed by atoms with Crippen molar-refractivity contribution in [3.63, 3.8) is 0 Å². The summed E-state index contributed by atoms with van der Waals surface area (Å²) in [5.41, 5.74) is -0.228. The lowest BCUT2D eigenvalue weighted by molar-refractivity contribution is -0.154. The first kappa shape index (κ1) is 18.3. The third-order valence-corrected chi connectivity index (χ3v) is 3.01. The number of aromatic carboxylic acids is 1. The largest absolute Gasteiger partial charge is 0.478 e. The van der Waals surface area contributed by atoms with Gasteiger partial charge in [-0.15, -0.1) is 0 Å². The van der Waals surface area contributed by atoms with Crippen molar-refractivity contribution in [2.45, 2.75) is 19.6 Å². The Morgan fingerprint density at radius 2 is 2.08 bits per heavy atom. The first-order valence-corrected chi connectivity index (χ1v) is 6.93. The lowest BCUT2D eigenvalue weighted by Crippen LogP contribution is -2.25. The number of rotatable bonds is 6. The number of halogens is 3. The predicted octanol–water partition coefficient (Wildman–Crippen LogP) is 2.55. The summed E-state index contributed by atoms with van der Waals surface area (Å²) in [6.07, 6.45) is -3.37. The molecule has 1 amide bonds. The molecule has 7 nitrogen and oxygen atoms in total. The van der Waals surface area contributed by atoms with E-state index in [1.807, 2.05) is 0 Å². The maximum Gasteiger partial charge on any atom is 0.422 e. The van der Waals surface area contributed by atoms with Crippen molar-refractivity contribution < 1.29 is 37.0 Å². The van der Waals surface area contributed by atoms with Gasteiger partial charge in [0.15, 0.2) is 6.61 Å². The van der Waals surface area contributed by atoms with Crippen LogP contribution in [0.4, 0.5) is 13.2 Å². The second kappa shape index (κ2) is 7.24. The van der Waals surface area contributed by atoms with Crippen LogP contribution in [0.2, 0.25) is 0 Å². The minimum absolute atomic E-state index is 0.0418. The van der Waals surface area contributed by atoms with E-state index in [0.29, 0.717) is 0 Å². The highest BCUT2D eigenvalue weighted by atomic mass is 19.4. The molecule has 0 saturated heterocycles. The van der Waals surface area contributed by atoms with Crippen molar-refractivity contribution in [1.29, 1.82) is 0 Å². The van der Waals surface area contributed by atoms with Gasteiger partial charge in [-0.2, -0.15) is 13.2 Å². The number of aryl methyl sites for hydroxylation is 1. The molecule has 0 fully saturated rings. The summed E-state index contributed by atoms with van der Waals surface area (Å²) >= 11 is 0. The van der Waals surface area contributed by atoms with E-state index in [9.17, 15) is 22.8 Å². The van der Waals surface area contributed by atoms with Crippen LogP contribution in [-0.2, 0) is 6.54 Å². The Balaban J connectivity index is 2.06. The molecule has 0 aliphatic carbocycles. The fraction of sp³-hybridized carbons (Fsp3) is 0.267. The molecule has 2 aromatic heterocycles. The topological polar surface area (TPSA) is 102 Å². The van der Waals surface area contributed by atoms with E-state index in [0.717, 1.165) is 0 Å². The fourth-order valence-electron chi connectivity index (χ4n) is 1.93. The maximum absolute atomic E-state index is 12.2. The molecule has 134 valence electrons. The van der Waals surface area contributed by atoms with Gasteiger partial charge in [-0.3, -0.25) is 4.79 Å². The molecule has 0 unspecified atom stereocenters. The zero-order chi connectivity index (χ0) is 18.6. The third kappa shape index (κ3) is 4.96. The van der Waals surface area contributed by atoms with Gasteiger partial charge in [0, 0.05) is 6.20 Å². The molecule has 0 spiro atoms. The molecule has 0 radical (unpaired) electrons. The molecular weight excluding hydrogens is 345 g/mol. The number of hydrogen-bond acceptors (Lipinski definition) is 5. The quantitative estimate of drug-likeness (QED) is 0.823. The Bertz CT molecular complexity index is 786. The highest BCUT2D eigenvalue weighted by Gasteiger charge is 2.29. The Morgan fingerprint density at radius 3 is 2.68 bits per heavy atom. The van der Waals surface area contributed by atoms with Crippen LogP contribution >= 0.6 is 0 Å². The lowest BCUT2D eigenvalue weighted by atomic mass is 10.2. The van der Waals surface area contributed by atoms with Crippen molar-refractivity contribution in [1.82, 2.24) is 10.3 Å². The molecule has 0 aliphatic heterocycles. The second-order valence-electron chi connectivity index (χ2n) is 4.93. The van der Waals surface area contributed by atoms with Gasteiger partial charge >= 0.3 is 12.1 Å². The standard InChI is InChI=1S/C15H13F3N2O5/c1-8-11(14(22)23)5-9(25-8)6-20-12(21)10-3-2-4-19-13(10)24-7-15(16,17)18/h2-5H,6-7H2,1H3,(H,20,21)(H,22,23). The second-order valence-corrected chi connectivity index (χ2v) is 4.93. The van der Waals surface area contributed by atoms with Gasteiger partial charge in [0.1, 0.15) is 22.6 Å². The zero-order valence-electron chi connectivity index (χ0n) is 12.9. The average molecular weight is 358 g/mol. The molecular formula is C15H13F3N2O5. The molecule has 0 saturated carbocycles. The Morgan fingerprint density at radius 1 is 1.36 bits per heavy atom. The molecule has 0 aliphatic rings. The maximum atomic E-state index is 12.2. The number of carbonyl (C=O) groups is 2. The van der Waals surface area contributed by atoms with E-state index in [1.54, 1.807) is 0 Å². The van der Waals surface area contributed by atoms with Crippen LogP contribution in [0.25, 0.3) is 0 Å². The van der Waals surface area contributed by atoms with Gasteiger partial charge < -0.3 is 19.6 Å². The van der Waals surface area contributed by atoms with Gasteiger partial charge in [0.2, 0.25) is 5.88 Å². The number of amides is 1. The summed E-state index contributed by atoms with van der Waals surface area (Å²) < 4.78 is 46.4. The zero-order valence-corrected chi connectivity index (χ0v) is 12.9. The average Bonchev–Trinajstić information content (AvgIpc) is 2.91. The van der Waals surface area contributed by atoms with Crippen LogP contribution in [0, 0.1) is 6.92 Å². The number of carbonyl (C=O) groups excluding carboxylic acids is 1. The number of pyridine rings is 1. The molecule has 25 heavy (non-hydrogen) atoms. The molecule has 10 heteroatoms. The van der Waals surface area contributed by atoms with Crippen LogP contribution < -0.4 is 10.1 Å². The molecule has 2 heterocycles. The number of ether oxygens (including phenoxy) is 1. The highest BCUT2D eigenvalue weighted by Crippen LogP contribution is 2.20. The summed E-state index contributed by atoms with van der Waals surface area (Å²) in [6, 6.07) is 3.88. The number of carboxylic acid groups (broad SMARTS) is 1. The Hall–Kier alpha value is -3.04. The molecule has 2 N–H and O–H groups in total. The Kier molecular flexibility index (Phi) is 5.30. The number of hydrogen-bond donors (Lipinski definition) is 2. The number of carboxylic acids is 1. The van der Waals surface area contributed by atoms with Gasteiger partial charge in [0.05, 0.1) is 6.54 Å². The summed E-state index contributed by atoms with van der Waals surface area (Å²) in [5.74, 6) is -2.01. The van der Waals surface area contributed by atoms with E-state index < -0.39 is 30.5 Å². The number of nitrogens with zero attached hydrogens (tertiary/aromatic N) is 1. The first-order chi connectivity index (χ1) is 11.7.